The molecular weight excluding hydrogens is 553 g/mol. The molecule has 6 atom stereocenters. The molecule has 0 spiro atoms. The van der Waals surface area contributed by atoms with E-state index in [1.165, 1.54) is 0 Å². The van der Waals surface area contributed by atoms with Crippen molar-refractivity contribution in [3.8, 4) is 5.75 Å². The molecule has 1 heterocycles. The van der Waals surface area contributed by atoms with Gasteiger partial charge in [0.05, 0.1) is 24.9 Å². The SMILES string of the molecule is CC[C@H]1C[C@H]([C@]2(C)OB([C@@H](CC(=O)C(N)c3ccc(C)cc3)Cc3cccc(C(=O)OC(C)(C)C)c3OC)OC2C)C1(C)C. The molecule has 0 aromatic heterocycles. The highest BCUT2D eigenvalue weighted by molar-refractivity contribution is 6.48. The fraction of sp³-hybridized carbons (Fsp3) is 0.611. The number of benzene rings is 2. The van der Waals surface area contributed by atoms with E-state index in [4.69, 9.17) is 24.5 Å². The van der Waals surface area contributed by atoms with Crippen LogP contribution in [0.5, 0.6) is 5.75 Å². The number of aryl methyl sites for hydroxylation is 1. The lowest BCUT2D eigenvalue weighted by atomic mass is 9.49. The van der Waals surface area contributed by atoms with Crippen molar-refractivity contribution in [1.29, 1.82) is 0 Å². The molecular formula is C36H52BNO6. The van der Waals surface area contributed by atoms with E-state index in [1.54, 1.807) is 13.2 Å². The van der Waals surface area contributed by atoms with Gasteiger partial charge in [0.2, 0.25) is 0 Å². The highest BCUT2D eigenvalue weighted by Gasteiger charge is 2.62. The molecule has 2 aromatic rings. The normalized spacial score (nSPS) is 26.1. The molecule has 2 fully saturated rings. The van der Waals surface area contributed by atoms with Crippen LogP contribution in [0.4, 0.5) is 0 Å². The number of nitrogens with two attached hydrogens (primary N) is 1. The molecule has 8 heteroatoms. The average Bonchev–Trinajstić information content (AvgIpc) is 3.25. The van der Waals surface area contributed by atoms with Crippen LogP contribution < -0.4 is 10.5 Å². The van der Waals surface area contributed by atoms with Crippen LogP contribution in [-0.4, -0.2) is 43.3 Å². The summed E-state index contributed by atoms with van der Waals surface area (Å²) in [5.41, 5.74) is 8.49. The topological polar surface area (TPSA) is 97.1 Å². The highest BCUT2D eigenvalue weighted by atomic mass is 16.7. The molecule has 0 radical (unpaired) electrons. The minimum absolute atomic E-state index is 0.0930. The second-order valence-electron chi connectivity index (χ2n) is 14.7. The van der Waals surface area contributed by atoms with Crippen molar-refractivity contribution in [1.82, 2.24) is 0 Å². The average molecular weight is 606 g/mol. The third-order valence-electron chi connectivity index (χ3n) is 10.2. The number of ketones is 1. The Hall–Kier alpha value is -2.68. The monoisotopic (exact) mass is 605 g/mol. The van der Waals surface area contributed by atoms with Crippen molar-refractivity contribution in [3.63, 3.8) is 0 Å². The summed E-state index contributed by atoms with van der Waals surface area (Å²) in [5, 5.41) is 0. The summed E-state index contributed by atoms with van der Waals surface area (Å²) in [4.78, 5) is 26.9. The van der Waals surface area contributed by atoms with Gasteiger partial charge in [0.15, 0.2) is 5.78 Å². The number of para-hydroxylation sites is 1. The number of ether oxygens (including phenoxy) is 2. The Labute approximate surface area is 264 Å². The summed E-state index contributed by atoms with van der Waals surface area (Å²) in [6.07, 6.45) is 2.61. The van der Waals surface area contributed by atoms with Crippen molar-refractivity contribution < 1.29 is 28.4 Å². The Morgan fingerprint density at radius 3 is 2.34 bits per heavy atom. The predicted molar refractivity (Wildman–Crippen MR) is 175 cm³/mol. The molecule has 2 N–H and O–H groups in total. The number of carbonyl (C=O) groups is 2. The Bertz CT molecular complexity index is 1340. The fourth-order valence-corrected chi connectivity index (χ4v) is 7.34. The number of rotatable bonds is 11. The number of hydrogen-bond donors (Lipinski definition) is 1. The Morgan fingerprint density at radius 2 is 1.77 bits per heavy atom. The molecule has 2 aromatic carbocycles. The number of methoxy groups -OCH3 is 1. The quantitative estimate of drug-likeness (QED) is 0.212. The third-order valence-corrected chi connectivity index (χ3v) is 10.2. The summed E-state index contributed by atoms with van der Waals surface area (Å²) in [5.74, 6) is 0.486. The summed E-state index contributed by atoms with van der Waals surface area (Å²) >= 11 is 0. The standard InChI is InChI=1S/C36H52BNO6/c1-11-26-20-30(35(26,7)8)36(9)23(3)43-37(44-36)27(21-29(39)31(38)24-17-15-22(2)16-18-24)19-25-13-12-14-28(32(25)41-10)33(40)42-34(4,5)6/h12-18,23,26-27,30-31H,11,19-21,38H2,1-10H3/t23?,26-,27+,30-,31?,36+/m0/s1. The zero-order valence-corrected chi connectivity index (χ0v) is 28.4. The van der Waals surface area contributed by atoms with Gasteiger partial charge in [-0.2, -0.15) is 0 Å². The van der Waals surface area contributed by atoms with E-state index in [0.29, 0.717) is 29.6 Å². The number of carbonyl (C=O) groups excluding carboxylic acids is 2. The maximum absolute atomic E-state index is 13.8. The molecule has 2 aliphatic rings. The van der Waals surface area contributed by atoms with Gasteiger partial charge >= 0.3 is 13.1 Å². The smallest absolute Gasteiger partial charge is 0.461 e. The van der Waals surface area contributed by atoms with Crippen molar-refractivity contribution in [2.24, 2.45) is 23.0 Å². The van der Waals surface area contributed by atoms with Crippen LogP contribution in [0.3, 0.4) is 0 Å². The molecule has 240 valence electrons. The summed E-state index contributed by atoms with van der Waals surface area (Å²) < 4.78 is 25.0. The van der Waals surface area contributed by atoms with Gasteiger partial charge < -0.3 is 24.5 Å². The molecule has 7 nitrogen and oxygen atoms in total. The number of hydrogen-bond acceptors (Lipinski definition) is 7. The molecule has 44 heavy (non-hydrogen) atoms. The van der Waals surface area contributed by atoms with Crippen LogP contribution in [0, 0.1) is 24.2 Å². The van der Waals surface area contributed by atoms with E-state index in [0.717, 1.165) is 29.5 Å². The van der Waals surface area contributed by atoms with E-state index in [2.05, 4.69) is 34.6 Å². The van der Waals surface area contributed by atoms with Crippen LogP contribution >= 0.6 is 0 Å². The Morgan fingerprint density at radius 1 is 1.11 bits per heavy atom. The molecule has 1 aliphatic heterocycles. The molecule has 1 saturated carbocycles. The van der Waals surface area contributed by atoms with E-state index in [-0.39, 0.29) is 29.5 Å². The lowest BCUT2D eigenvalue weighted by Crippen LogP contribution is -2.59. The van der Waals surface area contributed by atoms with E-state index in [9.17, 15) is 9.59 Å². The van der Waals surface area contributed by atoms with Gasteiger partial charge in [-0.25, -0.2) is 4.79 Å². The van der Waals surface area contributed by atoms with Crippen molar-refractivity contribution >= 4 is 18.9 Å². The van der Waals surface area contributed by atoms with Gasteiger partial charge in [-0.15, -0.1) is 0 Å². The lowest BCUT2D eigenvalue weighted by Gasteiger charge is -2.59. The molecule has 1 aliphatic carbocycles. The fourth-order valence-electron chi connectivity index (χ4n) is 7.34. The Kier molecular flexibility index (Phi) is 10.1. The summed E-state index contributed by atoms with van der Waals surface area (Å²) in [7, 11) is 0.917. The molecule has 0 amide bonds. The van der Waals surface area contributed by atoms with Gasteiger partial charge in [0.1, 0.15) is 16.9 Å². The van der Waals surface area contributed by atoms with Crippen LogP contribution in [0.15, 0.2) is 42.5 Å². The first kappa shape index (κ1) is 34.2. The minimum atomic E-state index is -0.769. The van der Waals surface area contributed by atoms with Gasteiger partial charge in [-0.3, -0.25) is 4.79 Å². The maximum Gasteiger partial charge on any atom is 0.461 e. The third kappa shape index (κ3) is 6.93. The van der Waals surface area contributed by atoms with Crippen molar-refractivity contribution in [3.05, 3.63) is 64.7 Å². The van der Waals surface area contributed by atoms with Crippen LogP contribution in [0.2, 0.25) is 5.82 Å². The van der Waals surface area contributed by atoms with Crippen LogP contribution in [0.1, 0.15) is 108 Å². The van der Waals surface area contributed by atoms with Gasteiger partial charge in [0.25, 0.3) is 0 Å². The predicted octanol–water partition coefficient (Wildman–Crippen LogP) is 7.29. The second kappa shape index (κ2) is 13.0. The van der Waals surface area contributed by atoms with E-state index in [1.807, 2.05) is 64.1 Å². The molecule has 2 unspecified atom stereocenters. The van der Waals surface area contributed by atoms with Crippen LogP contribution in [0.25, 0.3) is 0 Å². The summed E-state index contributed by atoms with van der Waals surface area (Å²) in [6.45, 7) is 18.7. The first-order valence-electron chi connectivity index (χ1n) is 16.1. The Balaban J connectivity index is 1.66. The zero-order valence-electron chi connectivity index (χ0n) is 28.4. The number of Topliss-reactive ketones (excluding diaryl/α,β-unsaturated/α-hetero) is 1. The second-order valence-corrected chi connectivity index (χ2v) is 14.7. The maximum atomic E-state index is 13.8. The number of esters is 1. The first-order valence-corrected chi connectivity index (χ1v) is 16.1. The van der Waals surface area contributed by atoms with Crippen LogP contribution in [-0.2, 0) is 25.3 Å². The van der Waals surface area contributed by atoms with E-state index < -0.39 is 30.3 Å². The van der Waals surface area contributed by atoms with Crippen molar-refractivity contribution in [2.45, 2.75) is 117 Å². The lowest BCUT2D eigenvalue weighted by molar-refractivity contribution is -0.144. The van der Waals surface area contributed by atoms with E-state index >= 15 is 0 Å². The van der Waals surface area contributed by atoms with Crippen molar-refractivity contribution in [2.75, 3.05) is 7.11 Å². The molecule has 0 bridgehead atoms. The highest BCUT2D eigenvalue weighted by Crippen LogP contribution is 2.60. The van der Waals surface area contributed by atoms with Gasteiger partial charge in [-0.05, 0) is 88.8 Å². The zero-order chi connectivity index (χ0) is 32.6. The largest absolute Gasteiger partial charge is 0.496 e. The molecule has 1 saturated heterocycles. The van der Waals surface area contributed by atoms with Gasteiger partial charge in [-0.1, -0.05) is 69.2 Å². The summed E-state index contributed by atoms with van der Waals surface area (Å²) in [6, 6.07) is 12.4. The first-order chi connectivity index (χ1) is 20.5. The minimum Gasteiger partial charge on any atom is -0.496 e. The van der Waals surface area contributed by atoms with Gasteiger partial charge in [0, 0.05) is 12.2 Å². The molecule has 4 rings (SSSR count).